The Labute approximate surface area is 160 Å². The van der Waals surface area contributed by atoms with Crippen LogP contribution in [0.4, 0.5) is 5.69 Å². The van der Waals surface area contributed by atoms with Crippen molar-refractivity contribution in [3.63, 3.8) is 0 Å². The van der Waals surface area contributed by atoms with Gasteiger partial charge in [0.2, 0.25) is 0 Å². The molecule has 1 atom stereocenters. The summed E-state index contributed by atoms with van der Waals surface area (Å²) in [4.78, 5) is 4.99. The molecule has 0 amide bonds. The van der Waals surface area contributed by atoms with Crippen LogP contribution in [0.3, 0.4) is 0 Å². The fourth-order valence-corrected chi connectivity index (χ4v) is 3.63. The quantitative estimate of drug-likeness (QED) is 0.448. The van der Waals surface area contributed by atoms with E-state index in [2.05, 4.69) is 97.2 Å². The van der Waals surface area contributed by atoms with Crippen LogP contribution < -0.4 is 5.32 Å². The molecule has 1 N–H and O–H groups in total. The highest BCUT2D eigenvalue weighted by atomic mass is 14.9. The Bertz CT molecular complexity index is 1020. The Morgan fingerprint density at radius 3 is 2.37 bits per heavy atom. The molecule has 0 aliphatic heterocycles. The number of anilines is 1. The number of aryl methyl sites for hydroxylation is 1. The van der Waals surface area contributed by atoms with Crippen molar-refractivity contribution in [2.45, 2.75) is 19.3 Å². The topological polar surface area (TPSA) is 24.9 Å². The summed E-state index contributed by atoms with van der Waals surface area (Å²) in [5, 5.41) is 4.73. The zero-order valence-corrected chi connectivity index (χ0v) is 15.6. The van der Waals surface area contributed by atoms with Crippen LogP contribution in [0.25, 0.3) is 10.9 Å². The van der Waals surface area contributed by atoms with Crippen molar-refractivity contribution >= 4 is 16.6 Å². The minimum absolute atomic E-state index is 0.270. The van der Waals surface area contributed by atoms with E-state index in [1.54, 1.807) is 0 Å². The number of para-hydroxylation sites is 2. The molecular formula is C25H24N2. The average Bonchev–Trinajstić information content (AvgIpc) is 2.72. The van der Waals surface area contributed by atoms with E-state index in [0.717, 1.165) is 29.9 Å². The number of hydrogen-bond donors (Lipinski definition) is 1. The van der Waals surface area contributed by atoms with Gasteiger partial charge in [0.15, 0.2) is 0 Å². The predicted octanol–water partition coefficient (Wildman–Crippen LogP) is 6.18. The lowest BCUT2D eigenvalue weighted by Gasteiger charge is -2.20. The van der Waals surface area contributed by atoms with Gasteiger partial charge in [-0.1, -0.05) is 66.7 Å². The highest BCUT2D eigenvalue weighted by molar-refractivity contribution is 5.78. The summed E-state index contributed by atoms with van der Waals surface area (Å²) in [7, 11) is 0. The van der Waals surface area contributed by atoms with E-state index >= 15 is 0 Å². The second-order valence-electron chi connectivity index (χ2n) is 6.92. The zero-order valence-electron chi connectivity index (χ0n) is 15.6. The first kappa shape index (κ1) is 17.3. The zero-order chi connectivity index (χ0) is 18.5. The van der Waals surface area contributed by atoms with E-state index in [-0.39, 0.29) is 5.92 Å². The SMILES string of the molecule is Cc1ccccc1[C@@H](CCNc1ccccc1)c1ccc2ccccc2n1. The summed E-state index contributed by atoms with van der Waals surface area (Å²) in [6.07, 6.45) is 0.991. The first-order valence-corrected chi connectivity index (χ1v) is 9.51. The summed E-state index contributed by atoms with van der Waals surface area (Å²) >= 11 is 0. The summed E-state index contributed by atoms with van der Waals surface area (Å²) in [5.74, 6) is 0.270. The van der Waals surface area contributed by atoms with Gasteiger partial charge in [-0.05, 0) is 48.7 Å². The third-order valence-corrected chi connectivity index (χ3v) is 5.08. The summed E-state index contributed by atoms with van der Waals surface area (Å²) in [6.45, 7) is 3.09. The fraction of sp³-hybridized carbons (Fsp3) is 0.160. The molecule has 0 fully saturated rings. The fourth-order valence-electron chi connectivity index (χ4n) is 3.63. The highest BCUT2D eigenvalue weighted by Gasteiger charge is 2.17. The van der Waals surface area contributed by atoms with Crippen molar-refractivity contribution in [1.29, 1.82) is 0 Å². The minimum Gasteiger partial charge on any atom is -0.385 e. The van der Waals surface area contributed by atoms with Crippen LogP contribution in [0.1, 0.15) is 29.2 Å². The number of rotatable bonds is 6. The van der Waals surface area contributed by atoms with E-state index < -0.39 is 0 Å². The van der Waals surface area contributed by atoms with Crippen LogP contribution >= 0.6 is 0 Å². The monoisotopic (exact) mass is 352 g/mol. The first-order chi connectivity index (χ1) is 13.3. The van der Waals surface area contributed by atoms with Crippen molar-refractivity contribution in [2.75, 3.05) is 11.9 Å². The molecule has 0 unspecified atom stereocenters. The lowest BCUT2D eigenvalue weighted by atomic mass is 9.88. The second kappa shape index (κ2) is 8.05. The van der Waals surface area contributed by atoms with Crippen molar-refractivity contribution in [1.82, 2.24) is 4.98 Å². The number of hydrogen-bond acceptors (Lipinski definition) is 2. The average molecular weight is 352 g/mol. The van der Waals surface area contributed by atoms with E-state index in [1.807, 2.05) is 6.07 Å². The molecule has 4 aromatic rings. The van der Waals surface area contributed by atoms with Crippen LogP contribution in [0.5, 0.6) is 0 Å². The van der Waals surface area contributed by atoms with Crippen molar-refractivity contribution < 1.29 is 0 Å². The lowest BCUT2D eigenvalue weighted by Crippen LogP contribution is -2.11. The highest BCUT2D eigenvalue weighted by Crippen LogP contribution is 2.30. The number of benzene rings is 3. The maximum absolute atomic E-state index is 4.99. The molecule has 2 nitrogen and oxygen atoms in total. The lowest BCUT2D eigenvalue weighted by molar-refractivity contribution is 0.721. The van der Waals surface area contributed by atoms with Crippen molar-refractivity contribution in [2.24, 2.45) is 0 Å². The van der Waals surface area contributed by atoms with Crippen LogP contribution in [-0.4, -0.2) is 11.5 Å². The van der Waals surface area contributed by atoms with Gasteiger partial charge in [-0.15, -0.1) is 0 Å². The molecule has 0 saturated carbocycles. The Balaban J connectivity index is 1.63. The summed E-state index contributed by atoms with van der Waals surface area (Å²) < 4.78 is 0. The number of aromatic nitrogens is 1. The molecule has 0 bridgehead atoms. The minimum atomic E-state index is 0.270. The first-order valence-electron chi connectivity index (χ1n) is 9.51. The van der Waals surface area contributed by atoms with E-state index in [1.165, 1.54) is 16.5 Å². The van der Waals surface area contributed by atoms with E-state index in [0.29, 0.717) is 0 Å². The summed E-state index contributed by atoms with van der Waals surface area (Å²) in [5.41, 5.74) is 6.03. The molecule has 0 radical (unpaired) electrons. The van der Waals surface area contributed by atoms with Crippen LogP contribution in [-0.2, 0) is 0 Å². The maximum Gasteiger partial charge on any atom is 0.0705 e. The molecule has 27 heavy (non-hydrogen) atoms. The number of fused-ring (bicyclic) bond motifs is 1. The third-order valence-electron chi connectivity index (χ3n) is 5.08. The van der Waals surface area contributed by atoms with E-state index in [4.69, 9.17) is 4.98 Å². The largest absolute Gasteiger partial charge is 0.385 e. The Kier molecular flexibility index (Phi) is 5.15. The van der Waals surface area contributed by atoms with E-state index in [9.17, 15) is 0 Å². The molecule has 0 spiro atoms. The molecule has 3 aromatic carbocycles. The van der Waals surface area contributed by atoms with Gasteiger partial charge in [-0.3, -0.25) is 4.98 Å². The van der Waals surface area contributed by atoms with Crippen molar-refractivity contribution in [3.8, 4) is 0 Å². The number of nitrogens with one attached hydrogen (secondary N) is 1. The Hall–Kier alpha value is -3.13. The number of pyridine rings is 1. The molecule has 0 aliphatic rings. The number of nitrogens with zero attached hydrogens (tertiary/aromatic N) is 1. The van der Waals surface area contributed by atoms with Crippen molar-refractivity contribution in [3.05, 3.63) is 108 Å². The standard InChI is InChI=1S/C25H24N2/c1-19-9-5-7-13-22(19)23(17-18-26-21-11-3-2-4-12-21)25-16-15-20-10-6-8-14-24(20)27-25/h2-16,23,26H,17-18H2,1H3/t23-/m1/s1. The Morgan fingerprint density at radius 1 is 0.778 bits per heavy atom. The molecule has 134 valence electrons. The third kappa shape index (κ3) is 4.01. The summed E-state index contributed by atoms with van der Waals surface area (Å²) in [6, 6.07) is 31.7. The van der Waals surface area contributed by atoms with Gasteiger partial charge in [-0.25, -0.2) is 0 Å². The van der Waals surface area contributed by atoms with Gasteiger partial charge in [0, 0.05) is 29.2 Å². The molecule has 0 aliphatic carbocycles. The predicted molar refractivity (Wildman–Crippen MR) is 114 cm³/mol. The van der Waals surface area contributed by atoms with Crippen LogP contribution in [0.15, 0.2) is 91.0 Å². The van der Waals surface area contributed by atoms with Crippen LogP contribution in [0, 0.1) is 6.92 Å². The van der Waals surface area contributed by atoms with Gasteiger partial charge < -0.3 is 5.32 Å². The van der Waals surface area contributed by atoms with Gasteiger partial charge in [0.25, 0.3) is 0 Å². The van der Waals surface area contributed by atoms with Gasteiger partial charge in [0.1, 0.15) is 0 Å². The van der Waals surface area contributed by atoms with Gasteiger partial charge >= 0.3 is 0 Å². The molecular weight excluding hydrogens is 328 g/mol. The molecule has 1 aromatic heterocycles. The molecule has 2 heteroatoms. The second-order valence-corrected chi connectivity index (χ2v) is 6.92. The Morgan fingerprint density at radius 2 is 1.52 bits per heavy atom. The maximum atomic E-state index is 4.99. The molecule has 1 heterocycles. The normalized spacial score (nSPS) is 12.0. The smallest absolute Gasteiger partial charge is 0.0705 e. The molecule has 0 saturated heterocycles. The van der Waals surface area contributed by atoms with Crippen LogP contribution in [0.2, 0.25) is 0 Å². The van der Waals surface area contributed by atoms with Gasteiger partial charge in [-0.2, -0.15) is 0 Å². The van der Waals surface area contributed by atoms with Gasteiger partial charge in [0.05, 0.1) is 5.52 Å². The molecule has 4 rings (SSSR count).